The lowest BCUT2D eigenvalue weighted by molar-refractivity contribution is -0.325. The van der Waals surface area contributed by atoms with Crippen molar-refractivity contribution in [3.05, 3.63) is 11.6 Å². The fourth-order valence-corrected chi connectivity index (χ4v) is 12.9. The highest BCUT2D eigenvalue weighted by Crippen LogP contribution is 2.89. The maximum Gasteiger partial charge on any atom is 0.302 e. The van der Waals surface area contributed by atoms with Gasteiger partial charge in [-0.05, 0) is 54.8 Å². The van der Waals surface area contributed by atoms with Crippen LogP contribution in [0.1, 0.15) is 80.1 Å². The summed E-state index contributed by atoms with van der Waals surface area (Å²) in [5, 5.41) is 76.9. The summed E-state index contributed by atoms with van der Waals surface area (Å²) >= 11 is 0. The Morgan fingerprint density at radius 3 is 2.36 bits per heavy atom. The lowest BCUT2D eigenvalue weighted by atomic mass is 9.43. The highest BCUT2D eigenvalue weighted by atomic mass is 16.7. The minimum atomic E-state index is -2.11. The van der Waals surface area contributed by atoms with Crippen molar-refractivity contribution in [3.8, 4) is 0 Å². The second-order valence-corrected chi connectivity index (χ2v) is 17.1. The van der Waals surface area contributed by atoms with Crippen LogP contribution in [0.2, 0.25) is 0 Å². The zero-order valence-corrected chi connectivity index (χ0v) is 28.1. The van der Waals surface area contributed by atoms with Crippen molar-refractivity contribution in [3.63, 3.8) is 0 Å². The maximum absolute atomic E-state index is 13.0. The maximum atomic E-state index is 13.0. The number of hydrogen-bond donors (Lipinski definition) is 7. The van der Waals surface area contributed by atoms with Gasteiger partial charge < -0.3 is 50.0 Å². The number of carbonyl (C=O) groups is 2. The zero-order valence-electron chi connectivity index (χ0n) is 28.1. The molecule has 0 radical (unpaired) electrons. The molecule has 7 N–H and O–H groups in total. The van der Waals surface area contributed by atoms with Gasteiger partial charge >= 0.3 is 5.97 Å². The van der Waals surface area contributed by atoms with E-state index in [0.717, 1.165) is 18.4 Å². The van der Waals surface area contributed by atoms with E-state index in [4.69, 9.17) is 14.2 Å². The van der Waals surface area contributed by atoms with Crippen molar-refractivity contribution >= 4 is 11.8 Å². The number of Topliss-reactive ketones (excluding diaryl/α,β-unsaturated/α-hetero) is 1. The van der Waals surface area contributed by atoms with Gasteiger partial charge in [0, 0.05) is 35.5 Å². The molecule has 0 unspecified atom stereocenters. The number of allylic oxidation sites excluding steroid dienone is 1. The quantitative estimate of drug-likeness (QED) is 0.161. The molecule has 0 aromatic rings. The summed E-state index contributed by atoms with van der Waals surface area (Å²) in [4.78, 5) is 25.7. The van der Waals surface area contributed by atoms with Gasteiger partial charge in [0.2, 0.25) is 0 Å². The van der Waals surface area contributed by atoms with Crippen molar-refractivity contribution in [2.75, 3.05) is 6.61 Å². The third-order valence-electron chi connectivity index (χ3n) is 15.1. The number of rotatable bonds is 4. The lowest BCUT2D eigenvalue weighted by Gasteiger charge is -2.62. The van der Waals surface area contributed by atoms with E-state index in [1.807, 2.05) is 20.8 Å². The molecule has 6 aliphatic carbocycles. The Labute approximate surface area is 275 Å². The fourth-order valence-electron chi connectivity index (χ4n) is 12.9. The molecule has 1 heterocycles. The third-order valence-corrected chi connectivity index (χ3v) is 15.1. The monoisotopic (exact) mass is 664 g/mol. The van der Waals surface area contributed by atoms with Gasteiger partial charge in [-0.2, -0.15) is 0 Å². The molecule has 5 saturated carbocycles. The van der Waals surface area contributed by atoms with Crippen LogP contribution in [0.3, 0.4) is 0 Å². The van der Waals surface area contributed by atoms with E-state index in [0.29, 0.717) is 19.3 Å². The summed E-state index contributed by atoms with van der Waals surface area (Å²) in [5.74, 6) is -1.98. The zero-order chi connectivity index (χ0) is 34.4. The van der Waals surface area contributed by atoms with Gasteiger partial charge in [0.25, 0.3) is 0 Å². The lowest BCUT2D eigenvalue weighted by Crippen LogP contribution is -2.63. The summed E-state index contributed by atoms with van der Waals surface area (Å²) in [6, 6.07) is 0. The summed E-state index contributed by atoms with van der Waals surface area (Å²) in [5.41, 5.74) is -4.38. The van der Waals surface area contributed by atoms with Gasteiger partial charge in [-0.1, -0.05) is 46.3 Å². The Hall–Kier alpha value is -1.48. The topological polar surface area (TPSA) is 203 Å². The molecule has 0 aromatic heterocycles. The van der Waals surface area contributed by atoms with E-state index in [1.165, 1.54) is 6.92 Å². The molecule has 47 heavy (non-hydrogen) atoms. The van der Waals surface area contributed by atoms with Gasteiger partial charge in [-0.25, -0.2) is 0 Å². The Balaban J connectivity index is 1.28. The van der Waals surface area contributed by atoms with Crippen molar-refractivity contribution in [1.82, 2.24) is 0 Å². The molecule has 264 valence electrons. The van der Waals surface area contributed by atoms with Gasteiger partial charge in [0.1, 0.15) is 42.2 Å². The molecule has 17 atom stereocenters. The first-order chi connectivity index (χ1) is 21.8. The molecule has 7 aliphatic rings. The molecule has 1 aliphatic heterocycles. The predicted octanol–water partition coefficient (Wildman–Crippen LogP) is 0.354. The van der Waals surface area contributed by atoms with Crippen LogP contribution in [-0.2, 0) is 23.8 Å². The fraction of sp³-hybridized carbons (Fsp3) is 0.886. The van der Waals surface area contributed by atoms with Crippen molar-refractivity contribution in [1.29, 1.82) is 0 Å². The third kappa shape index (κ3) is 3.85. The summed E-state index contributed by atoms with van der Waals surface area (Å²) < 4.78 is 18.3. The first-order valence-corrected chi connectivity index (χ1v) is 17.3. The van der Waals surface area contributed by atoms with Crippen LogP contribution in [0.25, 0.3) is 0 Å². The average molecular weight is 665 g/mol. The molecular weight excluding hydrogens is 612 g/mol. The highest BCUT2D eigenvalue weighted by molar-refractivity contribution is 5.86. The van der Waals surface area contributed by atoms with Crippen molar-refractivity contribution in [2.45, 2.75) is 141 Å². The summed E-state index contributed by atoms with van der Waals surface area (Å²) in [6.07, 6.45) is -5.74. The second kappa shape index (κ2) is 10.3. The van der Waals surface area contributed by atoms with Crippen LogP contribution in [-0.4, -0.2) is 115 Å². The van der Waals surface area contributed by atoms with E-state index >= 15 is 0 Å². The van der Waals surface area contributed by atoms with E-state index in [9.17, 15) is 45.3 Å². The van der Waals surface area contributed by atoms with Crippen LogP contribution >= 0.6 is 0 Å². The van der Waals surface area contributed by atoms with Gasteiger partial charge in [0.05, 0.1) is 18.8 Å². The predicted molar refractivity (Wildman–Crippen MR) is 163 cm³/mol. The molecule has 12 nitrogen and oxygen atoms in total. The number of esters is 1. The number of aliphatic hydroxyl groups is 7. The van der Waals surface area contributed by atoms with Crippen molar-refractivity contribution in [2.24, 2.45) is 44.8 Å². The van der Waals surface area contributed by atoms with Crippen LogP contribution in [0.15, 0.2) is 11.6 Å². The Morgan fingerprint density at radius 2 is 1.72 bits per heavy atom. The molecule has 0 amide bonds. The molecule has 1 saturated heterocycles. The van der Waals surface area contributed by atoms with E-state index < -0.39 is 107 Å². The smallest absolute Gasteiger partial charge is 0.302 e. The number of hydrogen-bond acceptors (Lipinski definition) is 12. The molecule has 6 fully saturated rings. The average Bonchev–Trinajstić information content (AvgIpc) is 3.62. The largest absolute Gasteiger partial charge is 0.462 e. The molecular formula is C35H52O12. The minimum absolute atomic E-state index is 0.0551. The Bertz CT molecular complexity index is 1380. The number of fused-ring (bicyclic) bond motifs is 4. The molecule has 12 heteroatoms. The minimum Gasteiger partial charge on any atom is -0.462 e. The first-order valence-electron chi connectivity index (χ1n) is 17.3. The molecule has 7 rings (SSSR count). The summed E-state index contributed by atoms with van der Waals surface area (Å²) in [6.45, 7) is 10.8. The molecule has 0 bridgehead atoms. The van der Waals surface area contributed by atoms with Gasteiger partial charge in [-0.15, -0.1) is 0 Å². The van der Waals surface area contributed by atoms with Crippen LogP contribution in [0, 0.1) is 44.8 Å². The van der Waals surface area contributed by atoms with Gasteiger partial charge in [-0.3, -0.25) is 9.59 Å². The van der Waals surface area contributed by atoms with Gasteiger partial charge in [0.15, 0.2) is 12.1 Å². The first kappa shape index (κ1) is 34.0. The number of carbonyl (C=O) groups excluding carboxylic acids is 2. The summed E-state index contributed by atoms with van der Waals surface area (Å²) in [7, 11) is 0. The van der Waals surface area contributed by atoms with E-state index in [1.54, 1.807) is 0 Å². The highest BCUT2D eigenvalue weighted by Gasteiger charge is 2.88. The van der Waals surface area contributed by atoms with Crippen LogP contribution < -0.4 is 0 Å². The number of aliphatic hydroxyl groups excluding tert-OH is 6. The second-order valence-electron chi connectivity index (χ2n) is 17.1. The number of ketones is 1. The SMILES string of the molecule is CC(=O)O[C@@H]1C[C@@]23C[C@@]24CC[C@H](O[C@@H]2O[C@H](CO)[C@@H](O)[C@H](O)[C@H]2O)C(C)(C)[C@@H]4CC=C3[C@]2(C)[C@@H](O)[C@]3(O)[C@@H](O)C(=O)C[C@@H](C)[C@@H]3[C@@]12C. The van der Waals surface area contributed by atoms with E-state index in [-0.39, 0.29) is 23.7 Å². The molecule has 0 aromatic carbocycles. The Morgan fingerprint density at radius 1 is 1.04 bits per heavy atom. The van der Waals surface area contributed by atoms with Crippen molar-refractivity contribution < 1.29 is 59.5 Å². The van der Waals surface area contributed by atoms with Crippen LogP contribution in [0.4, 0.5) is 0 Å². The van der Waals surface area contributed by atoms with E-state index in [2.05, 4.69) is 19.9 Å². The number of ether oxygens (including phenoxy) is 3. The molecule has 2 spiro atoms. The Kier molecular flexibility index (Phi) is 7.44. The standard InChI is InChI=1S/C35H52O12/c1-15-11-17(38)27(42)35(44)26(15)32(6)22(45-16(2)37)12-34-14-33(34)10-9-21(47-28-25(41)24(40)23(39)18(13-36)46-28)30(3,4)19(33)7-8-20(34)31(32,5)29(35)43/h8,15,18-19,21-29,36,39-44H,7,9-14H2,1-6H3/t15-,18-,19+,21+,22-,23-,24+,25-,26-,27+,28+,29-,31-,32-,33-,34+,35-/m1/s1. The normalized spacial score (nSPS) is 57.5. The van der Waals surface area contributed by atoms with Crippen LogP contribution in [0.5, 0.6) is 0 Å².